The summed E-state index contributed by atoms with van der Waals surface area (Å²) in [7, 11) is 0. The van der Waals surface area contributed by atoms with Crippen LogP contribution in [0, 0.1) is 5.92 Å². The topological polar surface area (TPSA) is 70.1 Å². The molecule has 2 amide bonds. The van der Waals surface area contributed by atoms with E-state index in [0.717, 1.165) is 20.1 Å². The van der Waals surface area contributed by atoms with Crippen LogP contribution in [0.3, 0.4) is 0 Å². The van der Waals surface area contributed by atoms with E-state index in [2.05, 4.69) is 21.0 Å². The van der Waals surface area contributed by atoms with Crippen LogP contribution in [-0.2, 0) is 9.59 Å². The second kappa shape index (κ2) is 8.69. The number of rotatable bonds is 4. The molecule has 6 nitrogen and oxygen atoms in total. The molecule has 0 aromatic heterocycles. The van der Waals surface area contributed by atoms with Gasteiger partial charge in [-0.25, -0.2) is 4.90 Å². The molecule has 6 rings (SSSR count). The molecule has 0 N–H and O–H groups in total. The van der Waals surface area contributed by atoms with Crippen molar-refractivity contribution in [2.24, 2.45) is 11.0 Å². The van der Waals surface area contributed by atoms with Crippen molar-refractivity contribution >= 4 is 73.0 Å². The number of halogens is 2. The molecule has 2 heterocycles. The van der Waals surface area contributed by atoms with E-state index >= 15 is 0 Å². The Hall–Kier alpha value is -3.81. The standard InChI is InChI=1S/C28H17BrClN3O3/c29-19-7-11-21(12-8-19)32-27(35)23-24(26(34)18-6-5-16-3-1-2-4-17(16)15-18)31-33(25(23)28(32)36)22-13-9-20(30)10-14-22/h1-15,23,25H/t23-,25-/m0/s1. The number of hydrogen-bond acceptors (Lipinski definition) is 5. The van der Waals surface area contributed by atoms with Crippen molar-refractivity contribution in [3.05, 3.63) is 106 Å². The van der Waals surface area contributed by atoms with Gasteiger partial charge in [0, 0.05) is 15.1 Å². The zero-order valence-electron chi connectivity index (χ0n) is 18.6. The third-order valence-corrected chi connectivity index (χ3v) is 7.25. The first-order chi connectivity index (χ1) is 17.4. The predicted octanol–water partition coefficient (Wildman–Crippen LogP) is 5.87. The van der Waals surface area contributed by atoms with Gasteiger partial charge in [-0.3, -0.25) is 19.4 Å². The summed E-state index contributed by atoms with van der Waals surface area (Å²) in [6, 6.07) is 25.8. The molecule has 0 radical (unpaired) electrons. The minimum absolute atomic E-state index is 0.0446. The molecule has 4 aromatic carbocycles. The molecular weight excluding hydrogens is 542 g/mol. The minimum atomic E-state index is -1.03. The first-order valence-electron chi connectivity index (χ1n) is 11.2. The van der Waals surface area contributed by atoms with Crippen LogP contribution in [0.4, 0.5) is 11.4 Å². The summed E-state index contributed by atoms with van der Waals surface area (Å²) in [6.07, 6.45) is 0. The zero-order valence-corrected chi connectivity index (χ0v) is 21.0. The van der Waals surface area contributed by atoms with Gasteiger partial charge in [0.25, 0.3) is 5.91 Å². The Morgan fingerprint density at radius 1 is 0.806 bits per heavy atom. The lowest BCUT2D eigenvalue weighted by molar-refractivity contribution is -0.121. The van der Waals surface area contributed by atoms with Crippen LogP contribution < -0.4 is 9.91 Å². The number of imide groups is 1. The predicted molar refractivity (Wildman–Crippen MR) is 144 cm³/mol. The maximum Gasteiger partial charge on any atom is 0.259 e. The summed E-state index contributed by atoms with van der Waals surface area (Å²) >= 11 is 9.44. The molecule has 176 valence electrons. The Labute approximate surface area is 219 Å². The molecule has 0 bridgehead atoms. The number of anilines is 2. The highest BCUT2D eigenvalue weighted by Gasteiger charge is 2.58. The lowest BCUT2D eigenvalue weighted by atomic mass is 9.91. The van der Waals surface area contributed by atoms with Gasteiger partial charge in [0.2, 0.25) is 11.7 Å². The minimum Gasteiger partial charge on any atom is -0.287 e. The van der Waals surface area contributed by atoms with E-state index in [0.29, 0.717) is 22.0 Å². The van der Waals surface area contributed by atoms with Crippen molar-refractivity contribution in [1.82, 2.24) is 0 Å². The van der Waals surface area contributed by atoms with E-state index < -0.39 is 23.8 Å². The largest absolute Gasteiger partial charge is 0.287 e. The fourth-order valence-corrected chi connectivity index (χ4v) is 5.12. The number of carbonyl (C=O) groups excluding carboxylic acids is 3. The zero-order chi connectivity index (χ0) is 25.0. The first kappa shape index (κ1) is 22.6. The number of amides is 2. The Morgan fingerprint density at radius 3 is 2.19 bits per heavy atom. The lowest BCUT2D eigenvalue weighted by Gasteiger charge is -2.22. The van der Waals surface area contributed by atoms with Gasteiger partial charge in [0.05, 0.1) is 11.4 Å². The number of hydrogen-bond donors (Lipinski definition) is 0. The molecule has 1 saturated heterocycles. The van der Waals surface area contributed by atoms with E-state index in [1.165, 1.54) is 5.01 Å². The third kappa shape index (κ3) is 3.63. The number of fused-ring (bicyclic) bond motifs is 2. The molecule has 0 spiro atoms. The van der Waals surface area contributed by atoms with Crippen LogP contribution in [0.15, 0.2) is 101 Å². The van der Waals surface area contributed by atoms with Crippen LogP contribution in [0.25, 0.3) is 10.8 Å². The molecule has 2 aliphatic rings. The summed E-state index contributed by atoms with van der Waals surface area (Å²) in [4.78, 5) is 42.2. The quantitative estimate of drug-likeness (QED) is 0.232. The van der Waals surface area contributed by atoms with Crippen molar-refractivity contribution in [3.63, 3.8) is 0 Å². The van der Waals surface area contributed by atoms with E-state index in [-0.39, 0.29) is 11.5 Å². The van der Waals surface area contributed by atoms with Gasteiger partial charge < -0.3 is 0 Å². The van der Waals surface area contributed by atoms with Crippen LogP contribution in [0.2, 0.25) is 5.02 Å². The Balaban J connectivity index is 1.45. The SMILES string of the molecule is O=C(C1=NN(c2ccc(Cl)cc2)[C@@H]2C(=O)N(c3ccc(Br)cc3)C(=O)[C@@H]12)c1ccc2ccccc2c1. The number of ketones is 1. The molecule has 4 aromatic rings. The molecule has 2 aliphatic heterocycles. The van der Waals surface area contributed by atoms with Crippen LogP contribution in [0.1, 0.15) is 10.4 Å². The second-order valence-electron chi connectivity index (χ2n) is 8.61. The highest BCUT2D eigenvalue weighted by Crippen LogP contribution is 2.39. The fraction of sp³-hybridized carbons (Fsp3) is 0.0714. The summed E-state index contributed by atoms with van der Waals surface area (Å²) in [5, 5.41) is 8.44. The third-order valence-electron chi connectivity index (χ3n) is 6.47. The van der Waals surface area contributed by atoms with Gasteiger partial charge in [0.15, 0.2) is 0 Å². The van der Waals surface area contributed by atoms with Gasteiger partial charge in [-0.2, -0.15) is 5.10 Å². The smallest absolute Gasteiger partial charge is 0.259 e. The molecular formula is C28H17BrClN3O3. The monoisotopic (exact) mass is 557 g/mol. The maximum atomic E-state index is 13.7. The van der Waals surface area contributed by atoms with Crippen molar-refractivity contribution in [1.29, 1.82) is 0 Å². The average Bonchev–Trinajstić information content (AvgIpc) is 3.41. The summed E-state index contributed by atoms with van der Waals surface area (Å²) in [5.74, 6) is -2.33. The molecule has 0 saturated carbocycles. The Morgan fingerprint density at radius 2 is 1.47 bits per heavy atom. The molecule has 8 heteroatoms. The van der Waals surface area contributed by atoms with Gasteiger partial charge >= 0.3 is 0 Å². The number of Topliss-reactive ketones (excluding diaryl/α,β-unsaturated/α-hetero) is 1. The fourth-order valence-electron chi connectivity index (χ4n) is 4.73. The number of nitrogens with zero attached hydrogens (tertiary/aromatic N) is 3. The number of carbonyl (C=O) groups is 3. The van der Waals surface area contributed by atoms with E-state index in [1.807, 2.05) is 30.3 Å². The van der Waals surface area contributed by atoms with Gasteiger partial charge in [0.1, 0.15) is 17.7 Å². The first-order valence-corrected chi connectivity index (χ1v) is 12.4. The molecule has 2 atom stereocenters. The van der Waals surface area contributed by atoms with Gasteiger partial charge in [-0.15, -0.1) is 0 Å². The van der Waals surface area contributed by atoms with Crippen molar-refractivity contribution < 1.29 is 14.4 Å². The maximum absolute atomic E-state index is 13.7. The number of benzene rings is 4. The molecule has 1 fully saturated rings. The normalized spacial score (nSPS) is 19.1. The lowest BCUT2D eigenvalue weighted by Crippen LogP contribution is -2.39. The highest BCUT2D eigenvalue weighted by molar-refractivity contribution is 9.10. The van der Waals surface area contributed by atoms with Crippen molar-refractivity contribution in [2.75, 3.05) is 9.91 Å². The van der Waals surface area contributed by atoms with E-state index in [1.54, 1.807) is 60.7 Å². The summed E-state index contributed by atoms with van der Waals surface area (Å²) in [5.41, 5.74) is 1.46. The molecule has 0 unspecified atom stereocenters. The van der Waals surface area contributed by atoms with E-state index in [4.69, 9.17) is 11.6 Å². The van der Waals surface area contributed by atoms with Gasteiger partial charge in [-0.1, -0.05) is 63.9 Å². The Kier molecular flexibility index (Phi) is 5.47. The average molecular weight is 559 g/mol. The van der Waals surface area contributed by atoms with Crippen LogP contribution in [-0.4, -0.2) is 29.4 Å². The summed E-state index contributed by atoms with van der Waals surface area (Å²) < 4.78 is 0.821. The Bertz CT molecular complexity index is 1580. The van der Waals surface area contributed by atoms with E-state index in [9.17, 15) is 14.4 Å². The highest BCUT2D eigenvalue weighted by atomic mass is 79.9. The number of hydrazone groups is 1. The van der Waals surface area contributed by atoms with Crippen molar-refractivity contribution in [2.45, 2.75) is 6.04 Å². The molecule has 0 aliphatic carbocycles. The van der Waals surface area contributed by atoms with Gasteiger partial charge in [-0.05, 0) is 65.4 Å². The van der Waals surface area contributed by atoms with Crippen molar-refractivity contribution in [3.8, 4) is 0 Å². The second-order valence-corrected chi connectivity index (χ2v) is 9.96. The summed E-state index contributed by atoms with van der Waals surface area (Å²) in [6.45, 7) is 0. The molecule has 36 heavy (non-hydrogen) atoms. The van der Waals surface area contributed by atoms with Crippen LogP contribution >= 0.6 is 27.5 Å². The van der Waals surface area contributed by atoms with Crippen LogP contribution in [0.5, 0.6) is 0 Å².